The smallest absolute Gasteiger partial charge is 0.338 e. The van der Waals surface area contributed by atoms with Gasteiger partial charge in [-0.15, -0.1) is 0 Å². The van der Waals surface area contributed by atoms with Gasteiger partial charge in [0, 0.05) is 7.11 Å². The van der Waals surface area contributed by atoms with Gasteiger partial charge in [-0.1, -0.05) is 0 Å². The Balaban J connectivity index is 2.74. The quantitative estimate of drug-likeness (QED) is 0.487. The van der Waals surface area contributed by atoms with Crippen molar-refractivity contribution in [2.75, 3.05) is 13.7 Å². The summed E-state index contributed by atoms with van der Waals surface area (Å²) in [6.45, 7) is 1.73. The van der Waals surface area contributed by atoms with Crippen LogP contribution >= 0.6 is 0 Å². The number of ether oxygens (including phenoxy) is 3. The van der Waals surface area contributed by atoms with Gasteiger partial charge in [0.2, 0.25) is 0 Å². The van der Waals surface area contributed by atoms with Crippen molar-refractivity contribution in [2.45, 2.75) is 37.6 Å². The van der Waals surface area contributed by atoms with Crippen molar-refractivity contribution in [2.24, 2.45) is 0 Å². The average Bonchev–Trinajstić information content (AvgIpc) is 2.27. The van der Waals surface area contributed by atoms with Crippen molar-refractivity contribution >= 4 is 5.97 Å². The summed E-state index contributed by atoms with van der Waals surface area (Å²) < 4.78 is 14.4. The first-order valence-electron chi connectivity index (χ1n) is 4.92. The van der Waals surface area contributed by atoms with Gasteiger partial charge in [-0.25, -0.2) is 4.79 Å². The van der Waals surface area contributed by atoms with E-state index < -0.39 is 36.7 Å². The summed E-state index contributed by atoms with van der Waals surface area (Å²) in [5.41, 5.74) is 0. The maximum Gasteiger partial charge on any atom is 0.338 e. The summed E-state index contributed by atoms with van der Waals surface area (Å²) >= 11 is 0. The minimum absolute atomic E-state index is 0.127. The van der Waals surface area contributed by atoms with E-state index in [1.807, 2.05) is 0 Å². The molecule has 0 bridgehead atoms. The zero-order chi connectivity index (χ0) is 12.3. The molecule has 1 rings (SSSR count). The molecule has 7 nitrogen and oxygen atoms in total. The fraction of sp³-hybridized carbons (Fsp3) is 0.889. The lowest BCUT2D eigenvalue weighted by Crippen LogP contribution is -2.60. The summed E-state index contributed by atoms with van der Waals surface area (Å²) in [5, 5.41) is 28.4. The molecule has 16 heavy (non-hydrogen) atoms. The summed E-state index contributed by atoms with van der Waals surface area (Å²) in [6, 6.07) is 0. The highest BCUT2D eigenvalue weighted by Crippen LogP contribution is 2.22. The molecule has 0 saturated carbocycles. The number of methoxy groups -OCH3 is 1. The molecule has 1 aliphatic rings. The highest BCUT2D eigenvalue weighted by Gasteiger charge is 2.47. The zero-order valence-corrected chi connectivity index (χ0v) is 9.07. The lowest BCUT2D eigenvalue weighted by molar-refractivity contribution is -0.288. The van der Waals surface area contributed by atoms with Gasteiger partial charge in [0.15, 0.2) is 12.4 Å². The SMILES string of the molecule is CCOC(=O)[C@@H]1O[C@H](OC)[C@@H](O)[C@@H](O)[C@H]1O. The minimum Gasteiger partial charge on any atom is -0.464 e. The maximum absolute atomic E-state index is 11.4. The molecule has 7 heteroatoms. The lowest BCUT2D eigenvalue weighted by atomic mass is 9.99. The highest BCUT2D eigenvalue weighted by atomic mass is 16.7. The van der Waals surface area contributed by atoms with Crippen LogP contribution in [-0.2, 0) is 19.0 Å². The van der Waals surface area contributed by atoms with Crippen LogP contribution in [-0.4, -0.2) is 65.7 Å². The molecule has 1 fully saturated rings. The van der Waals surface area contributed by atoms with Crippen LogP contribution in [0.25, 0.3) is 0 Å². The van der Waals surface area contributed by atoms with Gasteiger partial charge >= 0.3 is 5.97 Å². The maximum atomic E-state index is 11.4. The normalized spacial score (nSPS) is 39.4. The Labute approximate surface area is 92.5 Å². The van der Waals surface area contributed by atoms with Crippen LogP contribution in [0.1, 0.15) is 6.92 Å². The Morgan fingerprint density at radius 2 is 1.88 bits per heavy atom. The first-order chi connectivity index (χ1) is 7.52. The summed E-state index contributed by atoms with van der Waals surface area (Å²) in [4.78, 5) is 11.4. The fourth-order valence-electron chi connectivity index (χ4n) is 1.46. The number of rotatable bonds is 3. The van der Waals surface area contributed by atoms with Crippen LogP contribution in [0, 0.1) is 0 Å². The summed E-state index contributed by atoms with van der Waals surface area (Å²) in [5.74, 6) is -0.803. The summed E-state index contributed by atoms with van der Waals surface area (Å²) in [6.07, 6.45) is -7.00. The first-order valence-corrected chi connectivity index (χ1v) is 4.92. The molecule has 0 unspecified atom stereocenters. The first kappa shape index (κ1) is 13.3. The molecule has 0 aromatic heterocycles. The van der Waals surface area contributed by atoms with Gasteiger partial charge in [0.05, 0.1) is 6.61 Å². The average molecular weight is 236 g/mol. The zero-order valence-electron chi connectivity index (χ0n) is 9.07. The van der Waals surface area contributed by atoms with E-state index in [0.29, 0.717) is 0 Å². The van der Waals surface area contributed by atoms with E-state index in [1.165, 1.54) is 7.11 Å². The topological polar surface area (TPSA) is 105 Å². The molecule has 1 saturated heterocycles. The molecule has 3 N–H and O–H groups in total. The van der Waals surface area contributed by atoms with E-state index in [9.17, 15) is 20.1 Å². The predicted octanol–water partition coefficient (Wildman–Crippen LogP) is -2.00. The fourth-order valence-corrected chi connectivity index (χ4v) is 1.46. The Morgan fingerprint density at radius 1 is 1.25 bits per heavy atom. The van der Waals surface area contributed by atoms with Crippen molar-refractivity contribution in [3.63, 3.8) is 0 Å². The van der Waals surface area contributed by atoms with Gasteiger partial charge in [-0.2, -0.15) is 0 Å². The second-order valence-corrected chi connectivity index (χ2v) is 3.38. The molecule has 0 aromatic rings. The molecular formula is C9H16O7. The number of aliphatic hydroxyl groups is 3. The van der Waals surface area contributed by atoms with E-state index >= 15 is 0 Å². The standard InChI is InChI=1S/C9H16O7/c1-3-15-8(13)7-5(11)4(10)6(12)9(14-2)16-7/h4-7,9-12H,3H2,1-2H3/t4-,5+,6-,7+,9-/m0/s1. The number of esters is 1. The molecule has 0 aliphatic carbocycles. The van der Waals surface area contributed by atoms with Crippen LogP contribution in [0.4, 0.5) is 0 Å². The van der Waals surface area contributed by atoms with E-state index in [2.05, 4.69) is 4.74 Å². The molecule has 0 amide bonds. The van der Waals surface area contributed by atoms with Crippen LogP contribution < -0.4 is 0 Å². The van der Waals surface area contributed by atoms with Crippen LogP contribution in [0.5, 0.6) is 0 Å². The predicted molar refractivity (Wildman–Crippen MR) is 50.3 cm³/mol. The Bertz CT molecular complexity index is 242. The van der Waals surface area contributed by atoms with Crippen molar-refractivity contribution < 1.29 is 34.3 Å². The Kier molecular flexibility index (Phi) is 4.63. The number of carbonyl (C=O) groups is 1. The van der Waals surface area contributed by atoms with Crippen molar-refractivity contribution in [1.29, 1.82) is 0 Å². The van der Waals surface area contributed by atoms with E-state index in [1.54, 1.807) is 6.92 Å². The Morgan fingerprint density at radius 3 is 2.38 bits per heavy atom. The van der Waals surface area contributed by atoms with Gasteiger partial charge in [-0.3, -0.25) is 0 Å². The molecule has 94 valence electrons. The number of hydrogen-bond acceptors (Lipinski definition) is 7. The molecule has 0 spiro atoms. The van der Waals surface area contributed by atoms with Crippen LogP contribution in [0.2, 0.25) is 0 Å². The van der Waals surface area contributed by atoms with E-state index in [-0.39, 0.29) is 6.61 Å². The third kappa shape index (κ3) is 2.50. The third-order valence-corrected chi connectivity index (χ3v) is 2.32. The second-order valence-electron chi connectivity index (χ2n) is 3.38. The molecule has 1 aliphatic heterocycles. The van der Waals surface area contributed by atoms with Gasteiger partial charge in [0.1, 0.15) is 18.3 Å². The van der Waals surface area contributed by atoms with Crippen molar-refractivity contribution in [3.05, 3.63) is 0 Å². The minimum atomic E-state index is -1.54. The highest BCUT2D eigenvalue weighted by molar-refractivity contribution is 5.75. The lowest BCUT2D eigenvalue weighted by Gasteiger charge is -2.38. The van der Waals surface area contributed by atoms with Gasteiger partial charge < -0.3 is 29.5 Å². The van der Waals surface area contributed by atoms with E-state index in [0.717, 1.165) is 0 Å². The van der Waals surface area contributed by atoms with Crippen LogP contribution in [0.3, 0.4) is 0 Å². The second kappa shape index (κ2) is 5.55. The number of carbonyl (C=O) groups excluding carboxylic acids is 1. The molecular weight excluding hydrogens is 220 g/mol. The molecule has 0 radical (unpaired) electrons. The monoisotopic (exact) mass is 236 g/mol. The molecule has 5 atom stereocenters. The molecule has 1 heterocycles. The van der Waals surface area contributed by atoms with Crippen molar-refractivity contribution in [3.8, 4) is 0 Å². The summed E-state index contributed by atoms with van der Waals surface area (Å²) in [7, 11) is 1.25. The Hall–Kier alpha value is -0.730. The van der Waals surface area contributed by atoms with Crippen molar-refractivity contribution in [1.82, 2.24) is 0 Å². The third-order valence-electron chi connectivity index (χ3n) is 2.32. The number of hydrogen-bond donors (Lipinski definition) is 3. The van der Waals surface area contributed by atoms with E-state index in [4.69, 9.17) is 9.47 Å². The molecule has 0 aromatic carbocycles. The number of aliphatic hydroxyl groups excluding tert-OH is 3. The van der Waals surface area contributed by atoms with Gasteiger partial charge in [-0.05, 0) is 6.92 Å². The van der Waals surface area contributed by atoms with Gasteiger partial charge in [0.25, 0.3) is 0 Å². The largest absolute Gasteiger partial charge is 0.464 e. The van der Waals surface area contributed by atoms with Crippen LogP contribution in [0.15, 0.2) is 0 Å².